The Labute approximate surface area is 175 Å². The molecule has 6 nitrogen and oxygen atoms in total. The predicted molar refractivity (Wildman–Crippen MR) is 111 cm³/mol. The number of likely N-dealkylation sites (tertiary alicyclic amines) is 1. The minimum absolute atomic E-state index is 0.0546. The summed E-state index contributed by atoms with van der Waals surface area (Å²) in [6.07, 6.45) is 6.13. The van der Waals surface area contributed by atoms with Gasteiger partial charge in [0.05, 0.1) is 24.8 Å². The van der Waals surface area contributed by atoms with Crippen molar-refractivity contribution in [1.82, 2.24) is 14.5 Å². The highest BCUT2D eigenvalue weighted by Crippen LogP contribution is 2.38. The maximum absolute atomic E-state index is 14.0. The molecule has 1 aliphatic heterocycles. The largest absolute Gasteiger partial charge is 0.382 e. The highest BCUT2D eigenvalue weighted by Gasteiger charge is 2.38. The maximum atomic E-state index is 14.0. The molecule has 1 saturated carbocycles. The first kappa shape index (κ1) is 21.5. The standard InChI is InChI=1S/C22H31F2N3O3/c1-22(7-3-17(4-8-22)30-12-11-29-2)26-9-5-16(6-10-26)27-19-14-15(23)13-18(24)20(19)25-21(27)28/h13-14,16-17H,3-12H2,1-2H3,(H,25,28)/t17-,22-. The number of nitrogens with zero attached hydrogens (tertiary/aromatic N) is 2. The van der Waals surface area contributed by atoms with Crippen LogP contribution < -0.4 is 5.69 Å². The Kier molecular flexibility index (Phi) is 6.27. The number of methoxy groups -OCH3 is 1. The van der Waals surface area contributed by atoms with E-state index in [1.807, 2.05) is 0 Å². The van der Waals surface area contributed by atoms with Gasteiger partial charge in [-0.15, -0.1) is 0 Å². The van der Waals surface area contributed by atoms with E-state index in [0.29, 0.717) is 24.8 Å². The zero-order valence-electron chi connectivity index (χ0n) is 17.8. The predicted octanol–water partition coefficient (Wildman–Crippen LogP) is 3.61. The number of benzene rings is 1. The van der Waals surface area contributed by atoms with Gasteiger partial charge in [-0.1, -0.05) is 0 Å². The summed E-state index contributed by atoms with van der Waals surface area (Å²) in [6.45, 7) is 5.33. The van der Waals surface area contributed by atoms with E-state index in [0.717, 1.165) is 57.7 Å². The molecular weight excluding hydrogens is 392 g/mol. The summed E-state index contributed by atoms with van der Waals surface area (Å²) in [6, 6.07) is 2.00. The van der Waals surface area contributed by atoms with Gasteiger partial charge in [0.25, 0.3) is 0 Å². The van der Waals surface area contributed by atoms with Gasteiger partial charge in [0.15, 0.2) is 5.82 Å². The van der Waals surface area contributed by atoms with Crippen molar-refractivity contribution in [2.45, 2.75) is 63.1 Å². The number of aromatic nitrogens is 2. The number of piperidine rings is 1. The van der Waals surface area contributed by atoms with Crippen LogP contribution in [0.2, 0.25) is 0 Å². The van der Waals surface area contributed by atoms with Crippen molar-refractivity contribution in [3.05, 3.63) is 34.3 Å². The Morgan fingerprint density at radius 2 is 1.83 bits per heavy atom. The molecule has 166 valence electrons. The maximum Gasteiger partial charge on any atom is 0.326 e. The molecule has 1 N–H and O–H groups in total. The second kappa shape index (κ2) is 8.77. The minimum atomic E-state index is -0.727. The van der Waals surface area contributed by atoms with Gasteiger partial charge in [0, 0.05) is 43.9 Å². The van der Waals surface area contributed by atoms with Crippen molar-refractivity contribution in [1.29, 1.82) is 0 Å². The molecule has 1 saturated heterocycles. The Bertz CT molecular complexity index is 926. The van der Waals surface area contributed by atoms with Crippen LogP contribution in [0.5, 0.6) is 0 Å². The highest BCUT2D eigenvalue weighted by molar-refractivity contribution is 5.76. The van der Waals surface area contributed by atoms with E-state index >= 15 is 0 Å². The number of ether oxygens (including phenoxy) is 2. The van der Waals surface area contributed by atoms with Crippen molar-refractivity contribution in [3.63, 3.8) is 0 Å². The van der Waals surface area contributed by atoms with Gasteiger partial charge in [-0.2, -0.15) is 0 Å². The molecule has 1 aromatic carbocycles. The third kappa shape index (κ3) is 4.18. The molecule has 4 rings (SSSR count). The van der Waals surface area contributed by atoms with Crippen LogP contribution in [0.3, 0.4) is 0 Å². The van der Waals surface area contributed by atoms with E-state index in [9.17, 15) is 13.6 Å². The summed E-state index contributed by atoms with van der Waals surface area (Å²) in [5.74, 6) is -1.39. The highest BCUT2D eigenvalue weighted by atomic mass is 19.1. The molecule has 2 heterocycles. The molecule has 0 spiro atoms. The van der Waals surface area contributed by atoms with E-state index in [4.69, 9.17) is 9.47 Å². The average Bonchev–Trinajstić information content (AvgIpc) is 3.06. The first-order valence-corrected chi connectivity index (χ1v) is 10.9. The van der Waals surface area contributed by atoms with Crippen molar-refractivity contribution < 1.29 is 18.3 Å². The van der Waals surface area contributed by atoms with Crippen LogP contribution in [-0.2, 0) is 9.47 Å². The zero-order chi connectivity index (χ0) is 21.3. The average molecular weight is 424 g/mol. The SMILES string of the molecule is COCCO[C@H]1CC[C@](C)(N2CCC(n3c(=O)[nH]c4c(F)cc(F)cc43)CC2)CC1. The number of imidazole rings is 1. The Balaban J connectivity index is 1.40. The van der Waals surface area contributed by atoms with E-state index < -0.39 is 11.6 Å². The summed E-state index contributed by atoms with van der Waals surface area (Å²) < 4.78 is 40.3. The fraction of sp³-hybridized carbons (Fsp3) is 0.682. The van der Waals surface area contributed by atoms with Gasteiger partial charge in [-0.3, -0.25) is 9.47 Å². The lowest BCUT2D eigenvalue weighted by molar-refractivity contribution is -0.0419. The van der Waals surface area contributed by atoms with Crippen LogP contribution in [0, 0.1) is 11.6 Å². The Hall–Kier alpha value is -1.77. The van der Waals surface area contributed by atoms with Crippen LogP contribution in [0.15, 0.2) is 16.9 Å². The number of rotatable bonds is 6. The first-order chi connectivity index (χ1) is 14.4. The minimum Gasteiger partial charge on any atom is -0.382 e. The monoisotopic (exact) mass is 423 g/mol. The number of nitrogens with one attached hydrogen (secondary N) is 1. The Morgan fingerprint density at radius 1 is 1.13 bits per heavy atom. The van der Waals surface area contributed by atoms with E-state index in [2.05, 4.69) is 16.8 Å². The summed E-state index contributed by atoms with van der Waals surface area (Å²) >= 11 is 0. The summed E-state index contributed by atoms with van der Waals surface area (Å²) in [5, 5.41) is 0. The fourth-order valence-electron chi connectivity index (χ4n) is 5.17. The topological polar surface area (TPSA) is 59.5 Å². The third-order valence-corrected chi connectivity index (χ3v) is 6.99. The zero-order valence-corrected chi connectivity index (χ0v) is 17.8. The molecule has 8 heteroatoms. The summed E-state index contributed by atoms with van der Waals surface area (Å²) in [7, 11) is 1.68. The number of hydrogen-bond donors (Lipinski definition) is 1. The van der Waals surface area contributed by atoms with Gasteiger partial charge < -0.3 is 14.5 Å². The van der Waals surface area contributed by atoms with Crippen LogP contribution in [0.4, 0.5) is 8.78 Å². The number of H-pyrrole nitrogens is 1. The third-order valence-electron chi connectivity index (χ3n) is 6.99. The molecule has 0 bridgehead atoms. The molecule has 2 aliphatic rings. The van der Waals surface area contributed by atoms with Crippen LogP contribution in [-0.4, -0.2) is 59.5 Å². The van der Waals surface area contributed by atoms with Crippen LogP contribution in [0.25, 0.3) is 11.0 Å². The second-order valence-electron chi connectivity index (χ2n) is 8.86. The van der Waals surface area contributed by atoms with Crippen LogP contribution in [0.1, 0.15) is 51.5 Å². The molecule has 1 aliphatic carbocycles. The quantitative estimate of drug-likeness (QED) is 0.722. The molecule has 0 amide bonds. The molecule has 0 atom stereocenters. The van der Waals surface area contributed by atoms with Gasteiger partial charge in [-0.25, -0.2) is 13.6 Å². The van der Waals surface area contributed by atoms with E-state index in [1.165, 1.54) is 6.07 Å². The van der Waals surface area contributed by atoms with E-state index in [-0.39, 0.29) is 22.8 Å². The molecule has 2 fully saturated rings. The fourth-order valence-corrected chi connectivity index (χ4v) is 5.17. The van der Waals surface area contributed by atoms with Crippen molar-refractivity contribution in [3.8, 4) is 0 Å². The molecule has 1 aromatic heterocycles. The summed E-state index contributed by atoms with van der Waals surface area (Å²) in [5.41, 5.74) is 0.168. The lowest BCUT2D eigenvalue weighted by atomic mass is 9.79. The van der Waals surface area contributed by atoms with Crippen molar-refractivity contribution in [2.75, 3.05) is 33.4 Å². The molecule has 2 aromatic rings. The number of halogens is 2. The summed E-state index contributed by atoms with van der Waals surface area (Å²) in [4.78, 5) is 17.6. The molecule has 0 radical (unpaired) electrons. The lowest BCUT2D eigenvalue weighted by Gasteiger charge is -2.48. The number of aromatic amines is 1. The van der Waals surface area contributed by atoms with Crippen molar-refractivity contribution in [2.24, 2.45) is 0 Å². The van der Waals surface area contributed by atoms with Gasteiger partial charge in [0.1, 0.15) is 11.3 Å². The van der Waals surface area contributed by atoms with Crippen molar-refractivity contribution >= 4 is 11.0 Å². The molecule has 0 unspecified atom stereocenters. The second-order valence-corrected chi connectivity index (χ2v) is 8.86. The molecular formula is C22H31F2N3O3. The van der Waals surface area contributed by atoms with E-state index in [1.54, 1.807) is 11.7 Å². The van der Waals surface area contributed by atoms with Gasteiger partial charge >= 0.3 is 5.69 Å². The smallest absolute Gasteiger partial charge is 0.326 e. The number of hydrogen-bond acceptors (Lipinski definition) is 4. The van der Waals surface area contributed by atoms with Gasteiger partial charge in [-0.05, 0) is 45.4 Å². The number of fused-ring (bicyclic) bond motifs is 1. The normalized spacial score (nSPS) is 26.5. The van der Waals surface area contributed by atoms with Gasteiger partial charge in [0.2, 0.25) is 0 Å². The van der Waals surface area contributed by atoms with Crippen LogP contribution >= 0.6 is 0 Å². The molecule has 30 heavy (non-hydrogen) atoms. The lowest BCUT2D eigenvalue weighted by Crippen LogP contribution is -2.53. The Morgan fingerprint density at radius 3 is 2.50 bits per heavy atom. The first-order valence-electron chi connectivity index (χ1n) is 10.9.